The van der Waals surface area contributed by atoms with Gasteiger partial charge in [-0.05, 0) is 38.0 Å². The van der Waals surface area contributed by atoms with Crippen molar-refractivity contribution >= 4 is 27.7 Å². The van der Waals surface area contributed by atoms with Crippen LogP contribution in [0.2, 0.25) is 0 Å². The fourth-order valence-electron chi connectivity index (χ4n) is 3.01. The third-order valence-corrected chi connectivity index (χ3v) is 4.86. The van der Waals surface area contributed by atoms with Crippen LogP contribution in [0.15, 0.2) is 28.7 Å². The molecule has 0 aromatic heterocycles. The number of amides is 2. The number of hydrogen-bond acceptors (Lipinski definition) is 3. The number of hydrogen-bond donors (Lipinski definition) is 3. The molecular formula is C17H24BrN3O2. The van der Waals surface area contributed by atoms with E-state index in [1.807, 2.05) is 19.1 Å². The lowest BCUT2D eigenvalue weighted by atomic mass is 9.74. The fraction of sp³-hybridized carbons (Fsp3) is 0.529. The Kier molecular flexibility index (Phi) is 6.18. The first-order chi connectivity index (χ1) is 10.9. The summed E-state index contributed by atoms with van der Waals surface area (Å²) in [4.78, 5) is 24.2. The van der Waals surface area contributed by atoms with Gasteiger partial charge in [-0.2, -0.15) is 0 Å². The van der Waals surface area contributed by atoms with E-state index in [9.17, 15) is 9.59 Å². The van der Waals surface area contributed by atoms with E-state index < -0.39 is 5.54 Å². The predicted molar refractivity (Wildman–Crippen MR) is 94.0 cm³/mol. The van der Waals surface area contributed by atoms with Crippen molar-refractivity contribution in [2.75, 3.05) is 13.1 Å². The summed E-state index contributed by atoms with van der Waals surface area (Å²) in [7, 11) is 0. The Morgan fingerprint density at radius 2 is 2.04 bits per heavy atom. The Labute approximate surface area is 145 Å². The number of nitrogens with two attached hydrogens (primary N) is 1. The molecule has 2 atom stereocenters. The predicted octanol–water partition coefficient (Wildman–Crippen LogP) is 2.20. The summed E-state index contributed by atoms with van der Waals surface area (Å²) in [5.74, 6) is -0.301. The number of halogens is 1. The van der Waals surface area contributed by atoms with Gasteiger partial charge in [0.2, 0.25) is 5.91 Å². The van der Waals surface area contributed by atoms with Crippen LogP contribution in [-0.2, 0) is 4.79 Å². The van der Waals surface area contributed by atoms with Gasteiger partial charge in [-0.25, -0.2) is 0 Å². The van der Waals surface area contributed by atoms with Gasteiger partial charge in [0.1, 0.15) is 0 Å². The van der Waals surface area contributed by atoms with Crippen molar-refractivity contribution in [3.63, 3.8) is 0 Å². The monoisotopic (exact) mass is 381 g/mol. The number of nitrogens with one attached hydrogen (secondary N) is 2. The molecule has 5 nitrogen and oxygen atoms in total. The molecule has 1 aliphatic rings. The lowest BCUT2D eigenvalue weighted by molar-refractivity contribution is -0.128. The normalized spacial score (nSPS) is 24.0. The first kappa shape index (κ1) is 17.9. The highest BCUT2D eigenvalue weighted by atomic mass is 79.9. The SMILES string of the molecule is CC1(N)CCCCC1C(=O)NCCNC(=O)c1cccc(Br)c1. The van der Waals surface area contributed by atoms with Gasteiger partial charge in [-0.3, -0.25) is 9.59 Å². The lowest BCUT2D eigenvalue weighted by Crippen LogP contribution is -2.53. The zero-order chi connectivity index (χ0) is 16.9. The maximum Gasteiger partial charge on any atom is 0.251 e. The molecule has 1 aromatic rings. The van der Waals surface area contributed by atoms with Crippen LogP contribution in [0, 0.1) is 5.92 Å². The van der Waals surface area contributed by atoms with E-state index >= 15 is 0 Å². The Morgan fingerprint density at radius 3 is 2.74 bits per heavy atom. The molecule has 1 aliphatic carbocycles. The van der Waals surface area contributed by atoms with Crippen molar-refractivity contribution in [1.29, 1.82) is 0 Å². The van der Waals surface area contributed by atoms with E-state index in [2.05, 4.69) is 26.6 Å². The van der Waals surface area contributed by atoms with Gasteiger partial charge in [0.05, 0.1) is 5.92 Å². The molecule has 126 valence electrons. The van der Waals surface area contributed by atoms with Crippen molar-refractivity contribution in [1.82, 2.24) is 10.6 Å². The summed E-state index contributed by atoms with van der Waals surface area (Å²) in [5, 5.41) is 5.68. The third kappa shape index (κ3) is 5.04. The summed E-state index contributed by atoms with van der Waals surface area (Å²) in [6.07, 6.45) is 3.85. The minimum absolute atomic E-state index is 0.00796. The fourth-order valence-corrected chi connectivity index (χ4v) is 3.40. The molecule has 1 aromatic carbocycles. The van der Waals surface area contributed by atoms with Gasteiger partial charge >= 0.3 is 0 Å². The molecule has 1 saturated carbocycles. The molecule has 2 amide bonds. The van der Waals surface area contributed by atoms with Crippen LogP contribution in [0.25, 0.3) is 0 Å². The quantitative estimate of drug-likeness (QED) is 0.683. The molecule has 0 heterocycles. The Balaban J connectivity index is 1.74. The Morgan fingerprint density at radius 1 is 1.30 bits per heavy atom. The second-order valence-electron chi connectivity index (χ2n) is 6.36. The molecule has 2 unspecified atom stereocenters. The second kappa shape index (κ2) is 7.93. The minimum Gasteiger partial charge on any atom is -0.354 e. The molecule has 23 heavy (non-hydrogen) atoms. The molecule has 0 spiro atoms. The van der Waals surface area contributed by atoms with Gasteiger partial charge in [0.15, 0.2) is 0 Å². The molecule has 0 bridgehead atoms. The largest absolute Gasteiger partial charge is 0.354 e. The highest BCUT2D eigenvalue weighted by molar-refractivity contribution is 9.10. The molecule has 1 fully saturated rings. The first-order valence-electron chi connectivity index (χ1n) is 8.00. The maximum atomic E-state index is 12.3. The van der Waals surface area contributed by atoms with Crippen molar-refractivity contribution in [3.8, 4) is 0 Å². The summed E-state index contributed by atoms with van der Waals surface area (Å²) in [6.45, 7) is 2.75. The van der Waals surface area contributed by atoms with Gasteiger partial charge in [0, 0.05) is 28.7 Å². The number of rotatable bonds is 5. The zero-order valence-corrected chi connectivity index (χ0v) is 15.0. The third-order valence-electron chi connectivity index (χ3n) is 4.37. The topological polar surface area (TPSA) is 84.2 Å². The maximum absolute atomic E-state index is 12.3. The van der Waals surface area contributed by atoms with E-state index in [-0.39, 0.29) is 17.7 Å². The Hall–Kier alpha value is -1.40. The van der Waals surface area contributed by atoms with Gasteiger partial charge in [-0.15, -0.1) is 0 Å². The van der Waals surface area contributed by atoms with Crippen LogP contribution in [-0.4, -0.2) is 30.4 Å². The van der Waals surface area contributed by atoms with Crippen molar-refractivity contribution in [3.05, 3.63) is 34.3 Å². The smallest absolute Gasteiger partial charge is 0.251 e. The van der Waals surface area contributed by atoms with Crippen LogP contribution in [0.4, 0.5) is 0 Å². The summed E-state index contributed by atoms with van der Waals surface area (Å²) in [5.41, 5.74) is 6.39. The summed E-state index contributed by atoms with van der Waals surface area (Å²) < 4.78 is 0.859. The van der Waals surface area contributed by atoms with Crippen molar-refractivity contribution < 1.29 is 9.59 Å². The summed E-state index contributed by atoms with van der Waals surface area (Å²) in [6, 6.07) is 7.19. The zero-order valence-electron chi connectivity index (χ0n) is 13.4. The van der Waals surface area contributed by atoms with Crippen molar-refractivity contribution in [2.24, 2.45) is 11.7 Å². The molecule has 0 radical (unpaired) electrons. The molecule has 0 aliphatic heterocycles. The molecule has 2 rings (SSSR count). The molecule has 6 heteroatoms. The van der Waals surface area contributed by atoms with E-state index in [4.69, 9.17) is 5.73 Å². The average Bonchev–Trinajstić information content (AvgIpc) is 2.50. The number of carbonyl (C=O) groups excluding carboxylic acids is 2. The first-order valence-corrected chi connectivity index (χ1v) is 8.80. The van der Waals surface area contributed by atoms with Crippen LogP contribution >= 0.6 is 15.9 Å². The lowest BCUT2D eigenvalue weighted by Gasteiger charge is -2.37. The average molecular weight is 382 g/mol. The second-order valence-corrected chi connectivity index (χ2v) is 7.28. The Bertz CT molecular complexity index is 575. The van der Waals surface area contributed by atoms with Gasteiger partial charge in [-0.1, -0.05) is 34.8 Å². The highest BCUT2D eigenvalue weighted by Gasteiger charge is 2.37. The molecule has 0 saturated heterocycles. The molecule has 4 N–H and O–H groups in total. The minimum atomic E-state index is -0.429. The standard InChI is InChI=1S/C17H24BrN3O2/c1-17(19)8-3-2-7-14(17)16(23)21-10-9-20-15(22)12-5-4-6-13(18)11-12/h4-6,11,14H,2-3,7-10,19H2,1H3,(H,20,22)(H,21,23). The van der Waals surface area contributed by atoms with Crippen LogP contribution in [0.3, 0.4) is 0 Å². The van der Waals surface area contributed by atoms with E-state index in [1.54, 1.807) is 12.1 Å². The van der Waals surface area contributed by atoms with Gasteiger partial charge in [0.25, 0.3) is 5.91 Å². The van der Waals surface area contributed by atoms with E-state index in [0.717, 1.165) is 30.2 Å². The highest BCUT2D eigenvalue weighted by Crippen LogP contribution is 2.31. The van der Waals surface area contributed by atoms with E-state index in [1.165, 1.54) is 0 Å². The van der Waals surface area contributed by atoms with Crippen LogP contribution in [0.1, 0.15) is 43.0 Å². The number of benzene rings is 1. The van der Waals surface area contributed by atoms with Crippen LogP contribution < -0.4 is 16.4 Å². The van der Waals surface area contributed by atoms with Crippen LogP contribution in [0.5, 0.6) is 0 Å². The van der Waals surface area contributed by atoms with Crippen molar-refractivity contribution in [2.45, 2.75) is 38.1 Å². The van der Waals surface area contributed by atoms with E-state index in [0.29, 0.717) is 18.7 Å². The summed E-state index contributed by atoms with van der Waals surface area (Å²) >= 11 is 3.34. The molecular weight excluding hydrogens is 358 g/mol. The van der Waals surface area contributed by atoms with Gasteiger partial charge < -0.3 is 16.4 Å². The number of carbonyl (C=O) groups is 2.